The fourth-order valence-electron chi connectivity index (χ4n) is 5.18. The number of carbonyl (C=O) groups excluding carboxylic acids is 1. The van der Waals surface area contributed by atoms with Crippen LogP contribution in [0.5, 0.6) is 5.75 Å². The summed E-state index contributed by atoms with van der Waals surface area (Å²) in [6.45, 7) is 1.60. The Hall–Kier alpha value is -2.82. The molecular formula is C25H27NO4. The molecule has 1 spiro atoms. The van der Waals surface area contributed by atoms with Gasteiger partial charge in [0.25, 0.3) is 0 Å². The van der Waals surface area contributed by atoms with Gasteiger partial charge in [0.1, 0.15) is 5.75 Å². The molecule has 5 rings (SSSR count). The van der Waals surface area contributed by atoms with Crippen molar-refractivity contribution in [3.05, 3.63) is 53.6 Å². The molecule has 1 heterocycles. The van der Waals surface area contributed by atoms with Crippen molar-refractivity contribution in [1.82, 2.24) is 4.90 Å². The molecule has 5 heteroatoms. The van der Waals surface area contributed by atoms with Crippen molar-refractivity contribution in [3.63, 3.8) is 0 Å². The molecule has 1 saturated heterocycles. The van der Waals surface area contributed by atoms with Crippen molar-refractivity contribution < 1.29 is 19.4 Å². The van der Waals surface area contributed by atoms with Crippen LogP contribution in [0.4, 0.5) is 0 Å². The Morgan fingerprint density at radius 3 is 2.40 bits per heavy atom. The molecule has 0 unspecified atom stereocenters. The lowest BCUT2D eigenvalue weighted by molar-refractivity contribution is -0.134. The molecule has 5 nitrogen and oxygen atoms in total. The first-order chi connectivity index (χ1) is 14.5. The number of amides is 1. The van der Waals surface area contributed by atoms with E-state index in [2.05, 4.69) is 0 Å². The smallest absolute Gasteiger partial charge is 0.335 e. The Bertz CT molecular complexity index is 988. The number of piperidine rings is 1. The zero-order chi connectivity index (χ0) is 20.9. The molecule has 0 bridgehead atoms. The first-order valence-electron chi connectivity index (χ1n) is 10.8. The molecule has 1 amide bonds. The van der Waals surface area contributed by atoms with Crippen LogP contribution in [-0.2, 0) is 4.79 Å². The number of hydrogen-bond donors (Lipinski definition) is 1. The maximum atomic E-state index is 12.4. The molecule has 2 saturated carbocycles. The van der Waals surface area contributed by atoms with E-state index >= 15 is 0 Å². The first-order valence-corrected chi connectivity index (χ1v) is 10.8. The van der Waals surface area contributed by atoms with E-state index in [0.29, 0.717) is 17.2 Å². The number of carboxylic acid groups (broad SMARTS) is 1. The first kappa shape index (κ1) is 19.2. The normalized spacial score (nSPS) is 22.0. The molecule has 1 N–H and O–H groups in total. The van der Waals surface area contributed by atoms with Gasteiger partial charge in [-0.25, -0.2) is 4.79 Å². The number of ether oxygens (including phenoxy) is 1. The summed E-state index contributed by atoms with van der Waals surface area (Å²) in [5.74, 6) is 0.628. The summed E-state index contributed by atoms with van der Waals surface area (Å²) in [5.41, 5.74) is 3.12. The van der Waals surface area contributed by atoms with Gasteiger partial charge >= 0.3 is 5.97 Å². The maximum Gasteiger partial charge on any atom is 0.335 e. The molecule has 0 radical (unpaired) electrons. The van der Waals surface area contributed by atoms with E-state index in [4.69, 9.17) is 4.74 Å². The van der Waals surface area contributed by atoms with E-state index in [1.807, 2.05) is 41.3 Å². The van der Waals surface area contributed by atoms with Gasteiger partial charge in [-0.1, -0.05) is 30.3 Å². The molecular weight excluding hydrogens is 378 g/mol. The fourth-order valence-corrected chi connectivity index (χ4v) is 5.18. The molecule has 3 aliphatic rings. The predicted octanol–water partition coefficient (Wildman–Crippen LogP) is 4.57. The van der Waals surface area contributed by atoms with Crippen molar-refractivity contribution in [2.45, 2.75) is 38.0 Å². The van der Waals surface area contributed by atoms with Crippen LogP contribution in [-0.4, -0.2) is 42.1 Å². The molecule has 156 valence electrons. The lowest BCUT2D eigenvalue weighted by Crippen LogP contribution is -2.40. The van der Waals surface area contributed by atoms with Gasteiger partial charge in [-0.3, -0.25) is 4.79 Å². The second-order valence-corrected chi connectivity index (χ2v) is 9.03. The van der Waals surface area contributed by atoms with Gasteiger partial charge in [-0.2, -0.15) is 0 Å². The molecule has 2 aromatic carbocycles. The van der Waals surface area contributed by atoms with Crippen molar-refractivity contribution in [1.29, 1.82) is 0 Å². The minimum Gasteiger partial charge on any atom is -0.496 e. The van der Waals surface area contributed by atoms with Gasteiger partial charge < -0.3 is 14.7 Å². The Morgan fingerprint density at radius 1 is 1.10 bits per heavy atom. The van der Waals surface area contributed by atoms with Crippen molar-refractivity contribution in [2.24, 2.45) is 11.3 Å². The Morgan fingerprint density at radius 2 is 1.80 bits per heavy atom. The highest BCUT2D eigenvalue weighted by atomic mass is 16.5. The number of likely N-dealkylation sites (tertiary alicyclic amines) is 1. The molecule has 2 aliphatic carbocycles. The summed E-state index contributed by atoms with van der Waals surface area (Å²) in [4.78, 5) is 26.5. The van der Waals surface area contributed by atoms with Gasteiger partial charge in [0, 0.05) is 24.6 Å². The summed E-state index contributed by atoms with van der Waals surface area (Å²) in [6.07, 6.45) is 4.99. The van der Waals surface area contributed by atoms with Gasteiger partial charge in [0.2, 0.25) is 5.91 Å². The Balaban J connectivity index is 1.42. The zero-order valence-electron chi connectivity index (χ0n) is 17.3. The average Bonchev–Trinajstić information content (AvgIpc) is 3.70. The lowest BCUT2D eigenvalue weighted by atomic mass is 9.86. The number of benzene rings is 2. The number of methoxy groups -OCH3 is 1. The topological polar surface area (TPSA) is 66.8 Å². The van der Waals surface area contributed by atoms with E-state index in [1.54, 1.807) is 13.2 Å². The van der Waals surface area contributed by atoms with Crippen molar-refractivity contribution in [3.8, 4) is 16.9 Å². The highest BCUT2D eigenvalue weighted by molar-refractivity contribution is 5.93. The van der Waals surface area contributed by atoms with Gasteiger partial charge in [0.15, 0.2) is 0 Å². The van der Waals surface area contributed by atoms with Gasteiger partial charge in [-0.05, 0) is 66.7 Å². The Kier molecular flexibility index (Phi) is 4.57. The monoisotopic (exact) mass is 405 g/mol. The van der Waals surface area contributed by atoms with Crippen LogP contribution >= 0.6 is 0 Å². The molecule has 3 fully saturated rings. The van der Waals surface area contributed by atoms with E-state index in [9.17, 15) is 14.7 Å². The number of rotatable bonds is 5. The van der Waals surface area contributed by atoms with Crippen LogP contribution in [0.1, 0.15) is 53.9 Å². The van der Waals surface area contributed by atoms with Crippen LogP contribution in [0, 0.1) is 11.3 Å². The maximum absolute atomic E-state index is 12.4. The van der Waals surface area contributed by atoms with Crippen molar-refractivity contribution in [2.75, 3.05) is 20.2 Å². The highest BCUT2D eigenvalue weighted by Gasteiger charge is 2.57. The minimum atomic E-state index is -0.895. The van der Waals surface area contributed by atoms with Crippen LogP contribution in [0.2, 0.25) is 0 Å². The number of carbonyl (C=O) groups is 2. The second kappa shape index (κ2) is 7.15. The van der Waals surface area contributed by atoms with Crippen LogP contribution in [0.3, 0.4) is 0 Å². The van der Waals surface area contributed by atoms with Crippen LogP contribution in [0.25, 0.3) is 11.1 Å². The SMILES string of the molecule is COc1cc([C@@H]2CC23CCN(C(=O)C2CC2)CC3)c(C(=O)O)cc1-c1ccccc1. The predicted molar refractivity (Wildman–Crippen MR) is 114 cm³/mol. The molecule has 0 aromatic heterocycles. The van der Waals surface area contributed by atoms with Gasteiger partial charge in [0.05, 0.1) is 12.7 Å². The summed E-state index contributed by atoms with van der Waals surface area (Å²) < 4.78 is 5.66. The number of aromatic carboxylic acids is 1. The van der Waals surface area contributed by atoms with E-state index in [-0.39, 0.29) is 17.3 Å². The summed E-state index contributed by atoms with van der Waals surface area (Å²) in [7, 11) is 1.64. The van der Waals surface area contributed by atoms with Crippen LogP contribution < -0.4 is 4.74 Å². The summed E-state index contributed by atoms with van der Waals surface area (Å²) in [6, 6.07) is 13.5. The van der Waals surface area contributed by atoms with Gasteiger partial charge in [-0.15, -0.1) is 0 Å². The second-order valence-electron chi connectivity index (χ2n) is 9.03. The molecule has 2 aromatic rings. The number of nitrogens with zero attached hydrogens (tertiary/aromatic N) is 1. The highest BCUT2D eigenvalue weighted by Crippen LogP contribution is 2.66. The standard InChI is InChI=1S/C25H27NO4/c1-30-22-14-19(20(24(28)29)13-18(22)16-5-3-2-4-6-16)21-15-25(21)9-11-26(12-10-25)23(27)17-7-8-17/h2-6,13-14,17,21H,7-12,15H2,1H3,(H,28,29)/t21-/m0/s1. The number of hydrogen-bond acceptors (Lipinski definition) is 3. The lowest BCUT2D eigenvalue weighted by Gasteiger charge is -2.33. The van der Waals surface area contributed by atoms with E-state index < -0.39 is 5.97 Å². The average molecular weight is 405 g/mol. The van der Waals surface area contributed by atoms with Crippen molar-refractivity contribution >= 4 is 11.9 Å². The largest absolute Gasteiger partial charge is 0.496 e. The third-order valence-corrected chi connectivity index (χ3v) is 7.25. The van der Waals surface area contributed by atoms with E-state index in [0.717, 1.165) is 61.9 Å². The molecule has 1 aliphatic heterocycles. The summed E-state index contributed by atoms with van der Waals surface area (Å²) >= 11 is 0. The third-order valence-electron chi connectivity index (χ3n) is 7.25. The molecule has 30 heavy (non-hydrogen) atoms. The fraction of sp³-hybridized carbons (Fsp3) is 0.440. The third kappa shape index (κ3) is 3.26. The van der Waals surface area contributed by atoms with E-state index in [1.165, 1.54) is 0 Å². The Labute approximate surface area is 176 Å². The van der Waals surface area contributed by atoms with Crippen LogP contribution in [0.15, 0.2) is 42.5 Å². The summed E-state index contributed by atoms with van der Waals surface area (Å²) in [5, 5.41) is 9.95. The quantitative estimate of drug-likeness (QED) is 0.792. The zero-order valence-corrected chi connectivity index (χ0v) is 17.3. The molecule has 1 atom stereocenters. The number of carboxylic acids is 1. The minimum absolute atomic E-state index is 0.129.